The molecule has 1 saturated heterocycles. The zero-order chi connectivity index (χ0) is 22.9. The largest absolute Gasteiger partial charge is 0.489 e. The number of ether oxygens (including phenoxy) is 1. The van der Waals surface area contributed by atoms with Gasteiger partial charge in [0.2, 0.25) is 0 Å². The van der Waals surface area contributed by atoms with Crippen LogP contribution in [0.3, 0.4) is 0 Å². The smallest absolute Gasteiger partial charge is 0.253 e. The van der Waals surface area contributed by atoms with Gasteiger partial charge in [-0.1, -0.05) is 54.6 Å². The number of benzene rings is 3. The normalized spacial score (nSPS) is 22.7. The van der Waals surface area contributed by atoms with Crippen molar-refractivity contribution in [1.82, 2.24) is 4.90 Å². The van der Waals surface area contributed by atoms with Gasteiger partial charge in [0.15, 0.2) is 0 Å². The lowest BCUT2D eigenvalue weighted by Gasteiger charge is -2.38. The molecular weight excluding hydrogens is 420 g/mol. The van der Waals surface area contributed by atoms with E-state index in [2.05, 4.69) is 66.0 Å². The molecule has 0 aromatic heterocycles. The Bertz CT molecular complexity index is 1200. The number of nitrogens with zero attached hydrogens (tertiary/aromatic N) is 1. The van der Waals surface area contributed by atoms with Gasteiger partial charge in [-0.05, 0) is 72.2 Å². The van der Waals surface area contributed by atoms with Crippen LogP contribution in [-0.4, -0.2) is 23.9 Å². The van der Waals surface area contributed by atoms with Gasteiger partial charge in [-0.2, -0.15) is 0 Å². The first kappa shape index (κ1) is 21.0. The molecular formula is C30H30N2O2. The van der Waals surface area contributed by atoms with Crippen LogP contribution in [0.15, 0.2) is 84.9 Å². The Balaban J connectivity index is 1.21. The summed E-state index contributed by atoms with van der Waals surface area (Å²) < 4.78 is 5.99. The molecule has 0 radical (unpaired) electrons. The van der Waals surface area contributed by atoms with Crippen LogP contribution in [0.5, 0.6) is 5.75 Å². The highest BCUT2D eigenvalue weighted by atomic mass is 16.5. The van der Waals surface area contributed by atoms with Gasteiger partial charge in [-0.15, -0.1) is 0 Å². The molecule has 3 aliphatic rings. The maximum Gasteiger partial charge on any atom is 0.253 e. The van der Waals surface area contributed by atoms with E-state index in [9.17, 15) is 4.79 Å². The maximum atomic E-state index is 13.0. The number of hydrogen-bond donors (Lipinski definition) is 1. The van der Waals surface area contributed by atoms with Gasteiger partial charge in [-0.25, -0.2) is 0 Å². The van der Waals surface area contributed by atoms with E-state index in [0.717, 1.165) is 49.4 Å². The Kier molecular flexibility index (Phi) is 5.58. The lowest BCUT2D eigenvalue weighted by molar-refractivity contribution is 0.0792. The summed E-state index contributed by atoms with van der Waals surface area (Å²) in [5, 5.41) is 3.79. The third kappa shape index (κ3) is 3.98. The van der Waals surface area contributed by atoms with E-state index in [1.807, 2.05) is 29.2 Å². The molecule has 2 heterocycles. The number of fused-ring (bicyclic) bond motifs is 3. The molecule has 0 saturated carbocycles. The number of rotatable bonds is 5. The topological polar surface area (TPSA) is 41.6 Å². The van der Waals surface area contributed by atoms with Crippen LogP contribution >= 0.6 is 0 Å². The summed E-state index contributed by atoms with van der Waals surface area (Å²) in [7, 11) is 0. The van der Waals surface area contributed by atoms with Gasteiger partial charge in [0.25, 0.3) is 5.91 Å². The average molecular weight is 451 g/mol. The SMILES string of the molecule is O=C(c1ccc2c(c1)C1C=CCC1C(c1ccc(OCc3ccccc3)cc1)N2)N1CCCC1. The Morgan fingerprint density at radius 2 is 1.76 bits per heavy atom. The Hall–Kier alpha value is -3.53. The van der Waals surface area contributed by atoms with Gasteiger partial charge in [0.1, 0.15) is 12.4 Å². The number of anilines is 1. The van der Waals surface area contributed by atoms with Gasteiger partial charge in [0, 0.05) is 30.3 Å². The molecule has 4 nitrogen and oxygen atoms in total. The van der Waals surface area contributed by atoms with Crippen LogP contribution in [0.25, 0.3) is 0 Å². The first-order valence-electron chi connectivity index (χ1n) is 12.4. The van der Waals surface area contributed by atoms with Crippen LogP contribution in [0.4, 0.5) is 5.69 Å². The highest BCUT2D eigenvalue weighted by Gasteiger charge is 2.38. The van der Waals surface area contributed by atoms with Gasteiger partial charge in [-0.3, -0.25) is 4.79 Å². The third-order valence-electron chi connectivity index (χ3n) is 7.49. The lowest BCUT2D eigenvalue weighted by Crippen LogP contribution is -2.30. The van der Waals surface area contributed by atoms with Crippen LogP contribution in [0.1, 0.15) is 58.3 Å². The number of nitrogens with one attached hydrogen (secondary N) is 1. The molecule has 0 spiro atoms. The highest BCUT2D eigenvalue weighted by Crippen LogP contribution is 2.50. The predicted molar refractivity (Wildman–Crippen MR) is 135 cm³/mol. The molecule has 1 amide bonds. The van der Waals surface area contributed by atoms with Crippen molar-refractivity contribution in [2.45, 2.75) is 37.8 Å². The fourth-order valence-corrected chi connectivity index (χ4v) is 5.67. The predicted octanol–water partition coefficient (Wildman–Crippen LogP) is 6.33. The summed E-state index contributed by atoms with van der Waals surface area (Å²) >= 11 is 0. The van der Waals surface area contributed by atoms with E-state index < -0.39 is 0 Å². The van der Waals surface area contributed by atoms with Gasteiger partial charge >= 0.3 is 0 Å². The van der Waals surface area contributed by atoms with E-state index in [1.54, 1.807) is 0 Å². The van der Waals surface area contributed by atoms with Crippen molar-refractivity contribution in [2.24, 2.45) is 5.92 Å². The summed E-state index contributed by atoms with van der Waals surface area (Å²) in [6.07, 6.45) is 7.90. The van der Waals surface area contributed by atoms with E-state index in [-0.39, 0.29) is 11.9 Å². The summed E-state index contributed by atoms with van der Waals surface area (Å²) in [5.74, 6) is 1.84. The molecule has 3 atom stereocenters. The molecule has 3 unspecified atom stereocenters. The highest BCUT2D eigenvalue weighted by molar-refractivity contribution is 5.95. The van der Waals surface area contributed by atoms with E-state index in [4.69, 9.17) is 4.74 Å². The van der Waals surface area contributed by atoms with E-state index >= 15 is 0 Å². The first-order chi connectivity index (χ1) is 16.8. The zero-order valence-corrected chi connectivity index (χ0v) is 19.3. The van der Waals surface area contributed by atoms with Crippen LogP contribution in [0, 0.1) is 5.92 Å². The van der Waals surface area contributed by atoms with Crippen molar-refractivity contribution in [3.05, 3.63) is 107 Å². The van der Waals surface area contributed by atoms with Crippen molar-refractivity contribution < 1.29 is 9.53 Å². The Morgan fingerprint density at radius 1 is 0.971 bits per heavy atom. The molecule has 0 bridgehead atoms. The van der Waals surface area contributed by atoms with Gasteiger partial charge in [0.05, 0.1) is 6.04 Å². The minimum Gasteiger partial charge on any atom is -0.489 e. The second-order valence-electron chi connectivity index (χ2n) is 9.62. The van der Waals surface area contributed by atoms with E-state index in [1.165, 1.54) is 16.7 Å². The number of amides is 1. The summed E-state index contributed by atoms with van der Waals surface area (Å²) in [5.41, 5.74) is 5.65. The molecule has 2 aliphatic heterocycles. The standard InChI is InChI=1S/C30H30N2O2/c33-30(32-17-4-5-18-32)23-13-16-28-27(19-23)25-9-6-10-26(25)29(31-28)22-11-14-24(15-12-22)34-20-21-7-2-1-3-8-21/h1-3,6-9,11-16,19,25-26,29,31H,4-5,10,17-18,20H2. The molecule has 1 fully saturated rings. The second kappa shape index (κ2) is 9.02. The Labute approximate surface area is 201 Å². The number of carbonyl (C=O) groups is 1. The van der Waals surface area contributed by atoms with Crippen molar-refractivity contribution in [3.63, 3.8) is 0 Å². The van der Waals surface area contributed by atoms with Crippen LogP contribution < -0.4 is 10.1 Å². The first-order valence-corrected chi connectivity index (χ1v) is 12.4. The summed E-state index contributed by atoms with van der Waals surface area (Å²) in [6.45, 7) is 2.34. The maximum absolute atomic E-state index is 13.0. The van der Waals surface area contributed by atoms with Gasteiger partial charge < -0.3 is 15.0 Å². The molecule has 172 valence electrons. The average Bonchev–Trinajstić information content (AvgIpc) is 3.60. The van der Waals surface area contributed by atoms with E-state index in [0.29, 0.717) is 18.4 Å². The van der Waals surface area contributed by atoms with Crippen molar-refractivity contribution in [1.29, 1.82) is 0 Å². The molecule has 3 aromatic rings. The minimum atomic E-state index is 0.173. The van der Waals surface area contributed by atoms with Crippen LogP contribution in [-0.2, 0) is 6.61 Å². The minimum absolute atomic E-state index is 0.173. The second-order valence-corrected chi connectivity index (χ2v) is 9.62. The zero-order valence-electron chi connectivity index (χ0n) is 19.3. The number of carbonyl (C=O) groups excluding carboxylic acids is 1. The number of likely N-dealkylation sites (tertiary alicyclic amines) is 1. The number of hydrogen-bond acceptors (Lipinski definition) is 3. The van der Waals surface area contributed by atoms with Crippen LogP contribution in [0.2, 0.25) is 0 Å². The van der Waals surface area contributed by atoms with Crippen molar-refractivity contribution in [3.8, 4) is 5.75 Å². The van der Waals surface area contributed by atoms with Crippen molar-refractivity contribution >= 4 is 11.6 Å². The molecule has 4 heteroatoms. The quantitative estimate of drug-likeness (QED) is 0.462. The summed E-state index contributed by atoms with van der Waals surface area (Å²) in [6, 6.07) is 25.2. The van der Waals surface area contributed by atoms with Crippen molar-refractivity contribution in [2.75, 3.05) is 18.4 Å². The third-order valence-corrected chi connectivity index (χ3v) is 7.49. The Morgan fingerprint density at radius 3 is 2.56 bits per heavy atom. The fourth-order valence-electron chi connectivity index (χ4n) is 5.67. The number of allylic oxidation sites excluding steroid dienone is 2. The fraction of sp³-hybridized carbons (Fsp3) is 0.300. The summed E-state index contributed by atoms with van der Waals surface area (Å²) in [4.78, 5) is 15.0. The molecule has 1 N–H and O–H groups in total. The molecule has 1 aliphatic carbocycles. The molecule has 34 heavy (non-hydrogen) atoms. The monoisotopic (exact) mass is 450 g/mol. The molecule has 3 aromatic carbocycles. The molecule has 6 rings (SSSR count). The lowest BCUT2D eigenvalue weighted by atomic mass is 9.76.